The summed E-state index contributed by atoms with van der Waals surface area (Å²) >= 11 is 1.64. The summed E-state index contributed by atoms with van der Waals surface area (Å²) < 4.78 is 18.7. The molecule has 0 amide bonds. The van der Waals surface area contributed by atoms with E-state index in [0.29, 0.717) is 6.42 Å². The maximum absolute atomic E-state index is 13.7. The molecule has 1 aliphatic rings. The number of Topliss-reactive ketones (excluding diaryl/α,β-unsaturated/α-hetero) is 1. The lowest BCUT2D eigenvalue weighted by Gasteiger charge is -2.37. The van der Waals surface area contributed by atoms with Crippen LogP contribution in [-0.2, 0) is 23.8 Å². The number of carbonyl (C=O) groups excluding carboxylic acids is 2. The van der Waals surface area contributed by atoms with Gasteiger partial charge in [0.2, 0.25) is 0 Å². The molecule has 37 heavy (non-hydrogen) atoms. The molecule has 0 saturated heterocycles. The number of aromatic nitrogens is 1. The number of thiazole rings is 1. The number of ether oxygens (including phenoxy) is 3. The molecule has 7 heteroatoms. The van der Waals surface area contributed by atoms with E-state index in [-0.39, 0.29) is 36.1 Å². The first-order valence-corrected chi connectivity index (χ1v) is 14.1. The summed E-state index contributed by atoms with van der Waals surface area (Å²) in [5.41, 5.74) is 2.29. The summed E-state index contributed by atoms with van der Waals surface area (Å²) in [6.07, 6.45) is 4.48. The largest absolute Gasteiger partial charge is 0.457 e. The highest BCUT2D eigenvalue weighted by Crippen LogP contribution is 2.36. The van der Waals surface area contributed by atoms with Gasteiger partial charge in [0.15, 0.2) is 0 Å². The highest BCUT2D eigenvalue weighted by atomic mass is 32.1. The van der Waals surface area contributed by atoms with Crippen LogP contribution in [0.4, 0.5) is 0 Å². The molecular weight excluding hydrogens is 486 g/mol. The van der Waals surface area contributed by atoms with Crippen molar-refractivity contribution in [2.24, 2.45) is 17.3 Å². The zero-order valence-electron chi connectivity index (χ0n) is 23.6. The number of esters is 1. The van der Waals surface area contributed by atoms with Gasteiger partial charge in [-0.2, -0.15) is 0 Å². The number of hydrogen-bond donors (Lipinski definition) is 0. The summed E-state index contributed by atoms with van der Waals surface area (Å²) in [5, 5.41) is 1.01. The molecule has 2 aromatic rings. The first kappa shape index (κ1) is 29.5. The molecule has 1 aliphatic heterocycles. The first-order chi connectivity index (χ1) is 17.5. The molecule has 3 rings (SSSR count). The van der Waals surface area contributed by atoms with Crippen molar-refractivity contribution in [1.29, 1.82) is 0 Å². The molecule has 0 spiro atoms. The van der Waals surface area contributed by atoms with Gasteiger partial charge in [-0.25, -0.2) is 4.98 Å². The fraction of sp³-hybridized carbons (Fsp3) is 0.633. The Morgan fingerprint density at radius 3 is 2.51 bits per heavy atom. The summed E-state index contributed by atoms with van der Waals surface area (Å²) in [5.74, 6) is -0.429. The van der Waals surface area contributed by atoms with Crippen LogP contribution in [0.5, 0.6) is 0 Å². The van der Waals surface area contributed by atoms with E-state index in [0.717, 1.165) is 40.1 Å². The number of ketones is 1. The minimum atomic E-state index is -0.883. The van der Waals surface area contributed by atoms with E-state index in [1.165, 1.54) is 5.57 Å². The summed E-state index contributed by atoms with van der Waals surface area (Å²) in [6.45, 7) is 11.9. The number of cyclic esters (lactones) is 1. The van der Waals surface area contributed by atoms with E-state index in [2.05, 4.69) is 31.0 Å². The number of rotatable bonds is 3. The Kier molecular flexibility index (Phi) is 10.1. The highest BCUT2D eigenvalue weighted by Gasteiger charge is 2.43. The predicted molar refractivity (Wildman–Crippen MR) is 149 cm³/mol. The van der Waals surface area contributed by atoms with Crippen molar-refractivity contribution >= 4 is 33.3 Å². The van der Waals surface area contributed by atoms with Crippen molar-refractivity contribution in [3.63, 3.8) is 0 Å². The van der Waals surface area contributed by atoms with Crippen molar-refractivity contribution in [1.82, 2.24) is 4.98 Å². The lowest BCUT2D eigenvalue weighted by atomic mass is 9.72. The van der Waals surface area contributed by atoms with Crippen LogP contribution in [0.1, 0.15) is 83.4 Å². The molecule has 0 aliphatic carbocycles. The fourth-order valence-electron chi connectivity index (χ4n) is 5.60. The fourth-order valence-corrected chi connectivity index (χ4v) is 6.48. The zero-order valence-corrected chi connectivity index (χ0v) is 24.4. The van der Waals surface area contributed by atoms with Crippen molar-refractivity contribution in [2.75, 3.05) is 14.2 Å². The number of carbonyl (C=O) groups is 2. The smallest absolute Gasteiger partial charge is 0.309 e. The zero-order chi connectivity index (χ0) is 27.3. The Morgan fingerprint density at radius 2 is 1.84 bits per heavy atom. The van der Waals surface area contributed by atoms with Gasteiger partial charge in [0.1, 0.15) is 11.9 Å². The van der Waals surface area contributed by atoms with Gasteiger partial charge in [-0.3, -0.25) is 9.59 Å². The molecule has 0 fully saturated rings. The van der Waals surface area contributed by atoms with Gasteiger partial charge in [-0.15, -0.1) is 11.3 Å². The van der Waals surface area contributed by atoms with Gasteiger partial charge in [0.05, 0.1) is 39.3 Å². The second-order valence-corrected chi connectivity index (χ2v) is 12.3. The van der Waals surface area contributed by atoms with E-state index in [9.17, 15) is 9.59 Å². The van der Waals surface area contributed by atoms with Crippen LogP contribution < -0.4 is 0 Å². The molecule has 1 aromatic carbocycles. The second kappa shape index (κ2) is 12.6. The average Bonchev–Trinajstić information content (AvgIpc) is 3.23. The number of allylic oxidation sites excluding steroid dienone is 1. The molecule has 204 valence electrons. The van der Waals surface area contributed by atoms with Gasteiger partial charge in [0, 0.05) is 26.6 Å². The summed E-state index contributed by atoms with van der Waals surface area (Å²) in [6, 6.07) is 6.07. The molecular formula is C30H43NO5S. The van der Waals surface area contributed by atoms with Gasteiger partial charge in [0.25, 0.3) is 0 Å². The van der Waals surface area contributed by atoms with Gasteiger partial charge >= 0.3 is 5.97 Å². The predicted octanol–water partition coefficient (Wildman–Crippen LogP) is 7.00. The SMILES string of the molecule is COC1C(C)CCC/C(C)=C\C[C@@H](c2ccc3nc(C)sc3c2)OC(=O)CC(OC)C(C)(C)C(=O)C1C. The Hall–Kier alpha value is -2.09. The van der Waals surface area contributed by atoms with Crippen molar-refractivity contribution < 1.29 is 23.8 Å². The van der Waals surface area contributed by atoms with Crippen LogP contribution in [0.25, 0.3) is 10.2 Å². The lowest BCUT2D eigenvalue weighted by molar-refractivity contribution is -0.157. The second-order valence-electron chi connectivity index (χ2n) is 11.1. The Labute approximate surface area is 225 Å². The quantitative estimate of drug-likeness (QED) is 0.315. The molecule has 6 nitrogen and oxygen atoms in total. The third-order valence-corrected chi connectivity index (χ3v) is 8.83. The van der Waals surface area contributed by atoms with Gasteiger partial charge < -0.3 is 14.2 Å². The van der Waals surface area contributed by atoms with Crippen molar-refractivity contribution in [3.05, 3.63) is 40.4 Å². The van der Waals surface area contributed by atoms with Crippen molar-refractivity contribution in [3.8, 4) is 0 Å². The monoisotopic (exact) mass is 529 g/mol. The van der Waals surface area contributed by atoms with E-state index >= 15 is 0 Å². The van der Waals surface area contributed by atoms with E-state index in [4.69, 9.17) is 14.2 Å². The van der Waals surface area contributed by atoms with Crippen LogP contribution in [-0.4, -0.2) is 43.2 Å². The van der Waals surface area contributed by atoms with E-state index in [1.54, 1.807) is 25.6 Å². The van der Waals surface area contributed by atoms with Crippen LogP contribution in [0, 0.1) is 24.2 Å². The van der Waals surface area contributed by atoms with Gasteiger partial charge in [-0.05, 0) is 56.7 Å². The minimum absolute atomic E-state index is 0.00370. The molecule has 0 radical (unpaired) electrons. The Morgan fingerprint density at radius 1 is 1.11 bits per heavy atom. The molecule has 4 unspecified atom stereocenters. The first-order valence-electron chi connectivity index (χ1n) is 13.3. The Bertz CT molecular complexity index is 1120. The number of fused-ring (bicyclic) bond motifs is 1. The molecule has 5 atom stereocenters. The van der Waals surface area contributed by atoms with Gasteiger partial charge in [-0.1, -0.05) is 45.4 Å². The number of aryl methyl sites for hydroxylation is 1. The summed E-state index contributed by atoms with van der Waals surface area (Å²) in [7, 11) is 3.23. The molecule has 2 heterocycles. The van der Waals surface area contributed by atoms with E-state index < -0.39 is 17.6 Å². The van der Waals surface area contributed by atoms with E-state index in [1.807, 2.05) is 39.8 Å². The number of hydrogen-bond acceptors (Lipinski definition) is 7. The van der Waals surface area contributed by atoms with Crippen LogP contribution >= 0.6 is 11.3 Å². The standard InChI is InChI=1S/C30H43NO5S/c1-18-10-9-11-19(2)28(35-8)20(3)29(33)30(5,6)26(34-7)17-27(32)36-24(15-12-18)22-13-14-23-25(16-22)37-21(4)31-23/h12-14,16,19-20,24,26,28H,9-11,15,17H2,1-8H3/b18-12-/t19?,20?,24-,26?,28?/m0/s1. The molecule has 1 aromatic heterocycles. The molecule has 0 bridgehead atoms. The van der Waals surface area contributed by atoms with Crippen LogP contribution in [0.3, 0.4) is 0 Å². The number of methoxy groups -OCH3 is 2. The van der Waals surface area contributed by atoms with Crippen molar-refractivity contribution in [2.45, 2.75) is 92.0 Å². The number of benzene rings is 1. The lowest BCUT2D eigenvalue weighted by Crippen LogP contribution is -2.46. The normalized spacial score (nSPS) is 30.1. The minimum Gasteiger partial charge on any atom is -0.457 e. The Balaban J connectivity index is 1.95. The highest BCUT2D eigenvalue weighted by molar-refractivity contribution is 7.18. The topological polar surface area (TPSA) is 74.7 Å². The maximum Gasteiger partial charge on any atom is 0.309 e. The average molecular weight is 530 g/mol. The van der Waals surface area contributed by atoms with Crippen LogP contribution in [0.15, 0.2) is 29.8 Å². The third-order valence-electron chi connectivity index (χ3n) is 7.89. The number of nitrogens with zero attached hydrogens (tertiary/aromatic N) is 1. The molecule has 0 saturated carbocycles. The summed E-state index contributed by atoms with van der Waals surface area (Å²) in [4.78, 5) is 31.5. The van der Waals surface area contributed by atoms with Crippen LogP contribution in [0.2, 0.25) is 0 Å². The maximum atomic E-state index is 13.7. The molecule has 0 N–H and O–H groups in total. The third kappa shape index (κ3) is 7.06.